The molecule has 64 heavy (non-hydrogen) atoms. The van der Waals surface area contributed by atoms with Gasteiger partial charge in [0.2, 0.25) is 41.4 Å². The van der Waals surface area contributed by atoms with Crippen LogP contribution >= 0.6 is 0 Å². The first kappa shape index (κ1) is 54.8. The van der Waals surface area contributed by atoms with Gasteiger partial charge >= 0.3 is 5.97 Å². The van der Waals surface area contributed by atoms with Crippen LogP contribution in [-0.2, 0) is 44.8 Å². The van der Waals surface area contributed by atoms with Crippen LogP contribution in [0.5, 0.6) is 5.75 Å². The molecule has 0 radical (unpaired) electrons. The number of aliphatic hydroxyl groups excluding tert-OH is 1. The summed E-state index contributed by atoms with van der Waals surface area (Å²) in [6.45, 7) is 7.34. The zero-order valence-electron chi connectivity index (χ0n) is 37.8. The van der Waals surface area contributed by atoms with Gasteiger partial charge in [-0.25, -0.2) is 0 Å². The maximum atomic E-state index is 13.6. The number of phenolic OH excluding ortho intramolecular Hbond substituents is 1. The van der Waals surface area contributed by atoms with E-state index in [9.17, 15) is 53.7 Å². The zero-order chi connectivity index (χ0) is 47.8. The first-order valence-electron chi connectivity index (χ1n) is 22.4. The van der Waals surface area contributed by atoms with Gasteiger partial charge in [0.15, 0.2) is 0 Å². The predicted molar refractivity (Wildman–Crippen MR) is 238 cm³/mol. The second kappa shape index (κ2) is 29.2. The lowest BCUT2D eigenvalue weighted by Gasteiger charge is -2.26. The van der Waals surface area contributed by atoms with E-state index in [1.807, 2.05) is 13.8 Å². The molecule has 1 heterocycles. The number of aliphatic carboxylic acids is 1. The molecule has 7 atom stereocenters. The van der Waals surface area contributed by atoms with Gasteiger partial charge in [-0.15, -0.1) is 0 Å². The Bertz CT molecular complexity index is 1680. The van der Waals surface area contributed by atoms with Crippen molar-refractivity contribution in [2.24, 2.45) is 23.3 Å². The highest BCUT2D eigenvalue weighted by Gasteiger charge is 2.28. The number of phenols is 1. The number of aliphatic hydroxyl groups is 1. The van der Waals surface area contributed by atoms with Crippen LogP contribution in [-0.4, -0.2) is 125 Å². The lowest BCUT2D eigenvalue weighted by molar-refractivity contribution is -0.138. The molecule has 1 saturated heterocycles. The van der Waals surface area contributed by atoms with E-state index in [4.69, 9.17) is 11.5 Å². The Morgan fingerprint density at radius 1 is 0.750 bits per heavy atom. The Labute approximate surface area is 375 Å². The van der Waals surface area contributed by atoms with Gasteiger partial charge in [0.05, 0.1) is 19.1 Å². The van der Waals surface area contributed by atoms with Crippen molar-refractivity contribution in [1.82, 2.24) is 37.2 Å². The van der Waals surface area contributed by atoms with Crippen molar-refractivity contribution in [3.63, 3.8) is 0 Å². The minimum atomic E-state index is -1.14. The fourth-order valence-corrected chi connectivity index (χ4v) is 7.28. The number of nitrogens with one attached hydrogen (secondary N) is 7. The summed E-state index contributed by atoms with van der Waals surface area (Å²) < 4.78 is 0. The molecular weight excluding hydrogens is 831 g/mol. The SMILES string of the molecule is CC(C)[C@H]1CC(=O)N[C@@H](CCCN)CC(=O)N[C@H](CC(=O)N[C@H](CC(=O)N[C@@H](CO)CC(=O)N[C@H](CC(=O)O)Cc2ccc(O)cc2)C(C)C)CC(=O)NCCCC[C@H](N)CC(=O)N1. The van der Waals surface area contributed by atoms with Crippen LogP contribution < -0.4 is 48.7 Å². The topological polar surface area (TPSA) is 333 Å². The number of carboxylic acids is 1. The Balaban J connectivity index is 2.14. The largest absolute Gasteiger partial charge is 0.508 e. The summed E-state index contributed by atoms with van der Waals surface area (Å²) in [6, 6.07) is 1.04. The molecule has 20 nitrogen and oxygen atoms in total. The first-order chi connectivity index (χ1) is 30.3. The van der Waals surface area contributed by atoms with Gasteiger partial charge in [0.1, 0.15) is 5.75 Å². The second-order valence-corrected chi connectivity index (χ2v) is 17.5. The van der Waals surface area contributed by atoms with Crippen LogP contribution in [0.25, 0.3) is 0 Å². The number of carbonyl (C=O) groups excluding carboxylic acids is 7. The van der Waals surface area contributed by atoms with Gasteiger partial charge in [-0.1, -0.05) is 46.2 Å². The van der Waals surface area contributed by atoms with E-state index in [2.05, 4.69) is 37.2 Å². The number of aromatic hydroxyl groups is 1. The lowest BCUT2D eigenvalue weighted by atomic mass is 9.98. The molecule has 0 spiro atoms. The van der Waals surface area contributed by atoms with Gasteiger partial charge in [-0.05, 0) is 68.2 Å². The van der Waals surface area contributed by atoms with Crippen LogP contribution in [0, 0.1) is 11.8 Å². The summed E-state index contributed by atoms with van der Waals surface area (Å²) in [5.41, 5.74) is 12.6. The monoisotopic (exact) mass is 904 g/mol. The van der Waals surface area contributed by atoms with Crippen LogP contribution in [0.1, 0.15) is 117 Å². The van der Waals surface area contributed by atoms with E-state index in [0.717, 1.165) is 0 Å². The highest BCUT2D eigenvalue weighted by molar-refractivity contribution is 5.85. The van der Waals surface area contributed by atoms with Crippen LogP contribution in [0.4, 0.5) is 0 Å². The summed E-state index contributed by atoms with van der Waals surface area (Å²) in [7, 11) is 0. The molecule has 0 aliphatic carbocycles. The van der Waals surface area contributed by atoms with Crippen LogP contribution in [0.15, 0.2) is 24.3 Å². The smallest absolute Gasteiger partial charge is 0.305 e. The molecule has 360 valence electrons. The maximum absolute atomic E-state index is 13.6. The van der Waals surface area contributed by atoms with Gasteiger partial charge in [-0.3, -0.25) is 38.4 Å². The van der Waals surface area contributed by atoms with E-state index >= 15 is 0 Å². The first-order valence-corrected chi connectivity index (χ1v) is 22.4. The number of hydrogen-bond donors (Lipinski definition) is 12. The molecule has 0 aromatic heterocycles. The molecule has 14 N–H and O–H groups in total. The number of hydrogen-bond acceptors (Lipinski definition) is 12. The van der Waals surface area contributed by atoms with E-state index in [-0.39, 0.29) is 80.8 Å². The molecule has 0 bridgehead atoms. The minimum absolute atomic E-state index is 0.0224. The van der Waals surface area contributed by atoms with Crippen molar-refractivity contribution in [3.8, 4) is 5.75 Å². The van der Waals surface area contributed by atoms with Crippen LogP contribution in [0.3, 0.4) is 0 Å². The van der Waals surface area contributed by atoms with Gasteiger partial charge in [0.25, 0.3) is 0 Å². The highest BCUT2D eigenvalue weighted by atomic mass is 16.4. The molecule has 1 aromatic rings. The summed E-state index contributed by atoms with van der Waals surface area (Å²) in [5, 5.41) is 48.5. The van der Waals surface area contributed by atoms with Crippen molar-refractivity contribution < 1.29 is 53.7 Å². The van der Waals surface area contributed by atoms with Crippen molar-refractivity contribution >= 4 is 47.3 Å². The number of benzene rings is 1. The fraction of sp³-hybridized carbons (Fsp3) is 0.682. The molecule has 20 heteroatoms. The molecule has 1 aliphatic rings. The quantitative estimate of drug-likeness (QED) is 0.0851. The number of carbonyl (C=O) groups is 8. The molecule has 0 unspecified atom stereocenters. The fourth-order valence-electron chi connectivity index (χ4n) is 7.28. The number of rotatable bonds is 19. The average Bonchev–Trinajstić information content (AvgIpc) is 3.18. The second-order valence-electron chi connectivity index (χ2n) is 17.5. The summed E-state index contributed by atoms with van der Waals surface area (Å²) >= 11 is 0. The number of nitrogens with two attached hydrogens (primary N) is 2. The summed E-state index contributed by atoms with van der Waals surface area (Å²) in [6.07, 6.45) is 1.08. The molecule has 1 fully saturated rings. The van der Waals surface area contributed by atoms with E-state index in [0.29, 0.717) is 50.8 Å². The van der Waals surface area contributed by atoms with E-state index < -0.39 is 90.8 Å². The standard InChI is InChI=1S/C44H73N9O11/c1-26(2)35-23-42(61)48-30(9-7-14-45)18-39(58)50-32(19-37(56)47-15-6-5-8-29(46)17-38(57)52-35)20-41(60)53-36(27(3)4)24-43(62)51-33(25-54)21-40(59)49-31(22-44(63)64)16-28-10-12-34(55)13-11-28/h10-13,26-27,29-33,35-36,54-55H,5-9,14-25,45-46H2,1-4H3,(H,47,56)(H,48,61)(H,49,59)(H,50,58)(H,51,62)(H,52,57)(H,53,60)(H,63,64)/t29-,30-,31-,32-,33+,35+,36+/m0/s1. The number of amides is 7. The van der Waals surface area contributed by atoms with Crippen molar-refractivity contribution in [1.29, 1.82) is 0 Å². The van der Waals surface area contributed by atoms with E-state index in [1.54, 1.807) is 26.0 Å². The normalized spacial score (nSPS) is 21.3. The Morgan fingerprint density at radius 3 is 1.98 bits per heavy atom. The molecule has 2 rings (SSSR count). The predicted octanol–water partition coefficient (Wildman–Crippen LogP) is -0.280. The average molecular weight is 904 g/mol. The highest BCUT2D eigenvalue weighted by Crippen LogP contribution is 2.15. The summed E-state index contributed by atoms with van der Waals surface area (Å²) in [4.78, 5) is 104. The number of carboxylic acid groups (broad SMARTS) is 1. The Morgan fingerprint density at radius 2 is 1.36 bits per heavy atom. The van der Waals surface area contributed by atoms with Crippen LogP contribution in [0.2, 0.25) is 0 Å². The minimum Gasteiger partial charge on any atom is -0.508 e. The van der Waals surface area contributed by atoms with Gasteiger partial charge < -0.3 is 64.0 Å². The molecular formula is C44H73N9O11. The summed E-state index contributed by atoms with van der Waals surface area (Å²) in [5.74, 6) is -4.77. The molecule has 0 saturated carbocycles. The van der Waals surface area contributed by atoms with Gasteiger partial charge in [0, 0.05) is 87.7 Å². The molecule has 1 aliphatic heterocycles. The zero-order valence-corrected chi connectivity index (χ0v) is 37.8. The molecule has 1 aromatic carbocycles. The third-order valence-electron chi connectivity index (χ3n) is 10.9. The van der Waals surface area contributed by atoms with Crippen molar-refractivity contribution in [2.75, 3.05) is 19.7 Å². The van der Waals surface area contributed by atoms with Crippen molar-refractivity contribution in [2.45, 2.75) is 160 Å². The molecule has 7 amide bonds. The maximum Gasteiger partial charge on any atom is 0.305 e. The third kappa shape index (κ3) is 23.4. The van der Waals surface area contributed by atoms with E-state index in [1.165, 1.54) is 12.1 Å². The Hall–Kier alpha value is -5.34. The third-order valence-corrected chi connectivity index (χ3v) is 10.9. The lowest BCUT2D eigenvalue weighted by Crippen LogP contribution is -2.49. The van der Waals surface area contributed by atoms with Crippen molar-refractivity contribution in [3.05, 3.63) is 29.8 Å². The van der Waals surface area contributed by atoms with Gasteiger partial charge in [-0.2, -0.15) is 0 Å². The Kier molecular flexibility index (Phi) is 25.0.